The number of nitrogens with zero attached hydrogens (tertiary/aromatic N) is 3. The molecule has 1 aromatic heterocycles. The number of para-hydroxylation sites is 4. The summed E-state index contributed by atoms with van der Waals surface area (Å²) >= 11 is 0. The number of imidazole rings is 1. The maximum absolute atomic E-state index is 11.0. The van der Waals surface area contributed by atoms with Crippen LogP contribution in [0.1, 0.15) is 12.2 Å². The van der Waals surface area contributed by atoms with Gasteiger partial charge in [-0.25, -0.2) is 4.98 Å². The molecular formula is C17H18N4O2. The first-order valence-corrected chi connectivity index (χ1v) is 7.56. The molecule has 6 nitrogen and oxygen atoms in total. The van der Waals surface area contributed by atoms with E-state index in [0.29, 0.717) is 12.2 Å². The summed E-state index contributed by atoms with van der Waals surface area (Å²) in [4.78, 5) is 15.2. The summed E-state index contributed by atoms with van der Waals surface area (Å²) in [6.07, 6.45) is 0.854. The second kappa shape index (κ2) is 6.48. The minimum absolute atomic E-state index is 0.108. The maximum Gasteiger partial charge on any atom is 0.292 e. The van der Waals surface area contributed by atoms with Crippen LogP contribution in [0.15, 0.2) is 48.5 Å². The third-order valence-electron chi connectivity index (χ3n) is 3.82. The molecule has 3 rings (SSSR count). The Labute approximate surface area is 133 Å². The number of rotatable bonds is 6. The Kier molecular flexibility index (Phi) is 4.23. The fourth-order valence-electron chi connectivity index (χ4n) is 2.72. The Bertz CT molecular complexity index is 841. The lowest BCUT2D eigenvalue weighted by atomic mass is 10.2. The van der Waals surface area contributed by atoms with Gasteiger partial charge in [-0.15, -0.1) is 0 Å². The number of nitro groups is 1. The van der Waals surface area contributed by atoms with Crippen LogP contribution in [0, 0.1) is 17.0 Å². The average Bonchev–Trinajstić information content (AvgIpc) is 2.87. The van der Waals surface area contributed by atoms with Crippen molar-refractivity contribution in [2.75, 3.05) is 11.9 Å². The molecule has 0 radical (unpaired) electrons. The summed E-state index contributed by atoms with van der Waals surface area (Å²) in [6.45, 7) is 3.48. The normalized spacial score (nSPS) is 10.8. The van der Waals surface area contributed by atoms with Crippen LogP contribution in [0.3, 0.4) is 0 Å². The highest BCUT2D eigenvalue weighted by molar-refractivity contribution is 5.75. The third-order valence-corrected chi connectivity index (χ3v) is 3.82. The van der Waals surface area contributed by atoms with E-state index in [9.17, 15) is 10.1 Å². The summed E-state index contributed by atoms with van der Waals surface area (Å²) in [5.41, 5.74) is 2.79. The van der Waals surface area contributed by atoms with Gasteiger partial charge in [0.1, 0.15) is 11.5 Å². The van der Waals surface area contributed by atoms with E-state index in [1.165, 1.54) is 6.07 Å². The lowest BCUT2D eigenvalue weighted by Crippen LogP contribution is -2.09. The van der Waals surface area contributed by atoms with Gasteiger partial charge < -0.3 is 9.88 Å². The standard InChI is InChI=1S/C17H18N4O2/c1-13-19-15-8-3-4-9-16(15)20(13)12-6-11-18-14-7-2-5-10-17(14)21(22)23/h2-5,7-10,18H,6,11-12H2,1H3. The number of anilines is 1. The van der Waals surface area contributed by atoms with E-state index in [-0.39, 0.29) is 10.6 Å². The summed E-state index contributed by atoms with van der Waals surface area (Å²) in [5, 5.41) is 14.1. The molecule has 118 valence electrons. The SMILES string of the molecule is Cc1nc2ccccc2n1CCCNc1ccccc1[N+](=O)[O-]. The first kappa shape index (κ1) is 15.0. The lowest BCUT2D eigenvalue weighted by Gasteiger charge is -2.09. The van der Waals surface area contributed by atoms with Gasteiger partial charge in [0.05, 0.1) is 16.0 Å². The van der Waals surface area contributed by atoms with Crippen molar-refractivity contribution in [3.63, 3.8) is 0 Å². The molecule has 1 N–H and O–H groups in total. The molecule has 0 aliphatic rings. The van der Waals surface area contributed by atoms with Crippen LogP contribution in [0.4, 0.5) is 11.4 Å². The maximum atomic E-state index is 11.0. The summed E-state index contributed by atoms with van der Waals surface area (Å²) in [7, 11) is 0. The lowest BCUT2D eigenvalue weighted by molar-refractivity contribution is -0.384. The van der Waals surface area contributed by atoms with Crippen LogP contribution in [0.25, 0.3) is 11.0 Å². The fourth-order valence-corrected chi connectivity index (χ4v) is 2.72. The van der Waals surface area contributed by atoms with Gasteiger partial charge in [0, 0.05) is 19.2 Å². The number of nitrogens with one attached hydrogen (secondary N) is 1. The number of benzene rings is 2. The molecule has 0 atom stereocenters. The Morgan fingerprint density at radius 3 is 2.74 bits per heavy atom. The van der Waals surface area contributed by atoms with Crippen molar-refractivity contribution in [3.05, 3.63) is 64.5 Å². The van der Waals surface area contributed by atoms with Gasteiger partial charge in [-0.1, -0.05) is 24.3 Å². The average molecular weight is 310 g/mol. The Hall–Kier alpha value is -2.89. The van der Waals surface area contributed by atoms with Crippen molar-refractivity contribution >= 4 is 22.4 Å². The van der Waals surface area contributed by atoms with Crippen molar-refractivity contribution in [3.8, 4) is 0 Å². The number of hydrogen-bond donors (Lipinski definition) is 1. The molecule has 0 aliphatic heterocycles. The molecule has 6 heteroatoms. The highest BCUT2D eigenvalue weighted by Gasteiger charge is 2.11. The summed E-state index contributed by atoms with van der Waals surface area (Å²) < 4.78 is 2.18. The van der Waals surface area contributed by atoms with Gasteiger partial charge in [-0.3, -0.25) is 10.1 Å². The Balaban J connectivity index is 1.64. The first-order chi connectivity index (χ1) is 11.2. The molecular weight excluding hydrogens is 292 g/mol. The second-order valence-electron chi connectivity index (χ2n) is 5.35. The van der Waals surface area contributed by atoms with Crippen LogP contribution in [0.2, 0.25) is 0 Å². The zero-order chi connectivity index (χ0) is 16.2. The zero-order valence-electron chi connectivity index (χ0n) is 12.9. The van der Waals surface area contributed by atoms with Gasteiger partial charge in [0.15, 0.2) is 0 Å². The van der Waals surface area contributed by atoms with Crippen LogP contribution in [-0.4, -0.2) is 21.0 Å². The van der Waals surface area contributed by atoms with Crippen molar-refractivity contribution < 1.29 is 4.92 Å². The van der Waals surface area contributed by atoms with Crippen LogP contribution < -0.4 is 5.32 Å². The molecule has 1 heterocycles. The molecule has 23 heavy (non-hydrogen) atoms. The third kappa shape index (κ3) is 3.15. The molecule has 0 saturated carbocycles. The van der Waals surface area contributed by atoms with Crippen molar-refractivity contribution in [1.29, 1.82) is 0 Å². The molecule has 0 aliphatic carbocycles. The zero-order valence-corrected chi connectivity index (χ0v) is 12.9. The molecule has 0 saturated heterocycles. The Morgan fingerprint density at radius 1 is 1.17 bits per heavy atom. The van der Waals surface area contributed by atoms with Crippen LogP contribution in [-0.2, 0) is 6.54 Å². The number of aromatic nitrogens is 2. The summed E-state index contributed by atoms with van der Waals surface area (Å²) in [6, 6.07) is 14.8. The van der Waals surface area contributed by atoms with Crippen LogP contribution in [0.5, 0.6) is 0 Å². The van der Waals surface area contributed by atoms with Crippen molar-refractivity contribution in [2.45, 2.75) is 19.9 Å². The van der Waals surface area contributed by atoms with E-state index in [1.807, 2.05) is 25.1 Å². The number of fused-ring (bicyclic) bond motifs is 1. The topological polar surface area (TPSA) is 73.0 Å². The molecule has 3 aromatic rings. The van der Waals surface area contributed by atoms with Crippen molar-refractivity contribution in [2.24, 2.45) is 0 Å². The van der Waals surface area contributed by atoms with E-state index in [4.69, 9.17) is 0 Å². The second-order valence-corrected chi connectivity index (χ2v) is 5.35. The Morgan fingerprint density at radius 2 is 1.91 bits per heavy atom. The number of nitro benzene ring substituents is 1. The quantitative estimate of drug-likeness (QED) is 0.427. The van der Waals surface area contributed by atoms with E-state index in [2.05, 4.69) is 20.9 Å². The minimum atomic E-state index is -0.365. The highest BCUT2D eigenvalue weighted by Crippen LogP contribution is 2.23. The van der Waals surface area contributed by atoms with Crippen molar-refractivity contribution in [1.82, 2.24) is 9.55 Å². The van der Waals surface area contributed by atoms with Gasteiger partial charge in [0.25, 0.3) is 5.69 Å². The van der Waals surface area contributed by atoms with Crippen LogP contribution >= 0.6 is 0 Å². The van der Waals surface area contributed by atoms with Gasteiger partial charge in [-0.05, 0) is 31.5 Å². The van der Waals surface area contributed by atoms with E-state index < -0.39 is 0 Å². The predicted molar refractivity (Wildman–Crippen MR) is 90.7 cm³/mol. The highest BCUT2D eigenvalue weighted by atomic mass is 16.6. The summed E-state index contributed by atoms with van der Waals surface area (Å²) in [5.74, 6) is 0.983. The fraction of sp³-hybridized carbons (Fsp3) is 0.235. The predicted octanol–water partition coefficient (Wildman–Crippen LogP) is 3.76. The first-order valence-electron chi connectivity index (χ1n) is 7.56. The smallest absolute Gasteiger partial charge is 0.292 e. The molecule has 0 spiro atoms. The van der Waals surface area contributed by atoms with E-state index in [0.717, 1.165) is 29.8 Å². The minimum Gasteiger partial charge on any atom is -0.379 e. The van der Waals surface area contributed by atoms with Gasteiger partial charge >= 0.3 is 0 Å². The molecule has 0 unspecified atom stereocenters. The van der Waals surface area contributed by atoms with E-state index in [1.54, 1.807) is 18.2 Å². The van der Waals surface area contributed by atoms with Gasteiger partial charge in [-0.2, -0.15) is 0 Å². The van der Waals surface area contributed by atoms with Gasteiger partial charge in [0.2, 0.25) is 0 Å². The molecule has 0 bridgehead atoms. The molecule has 2 aromatic carbocycles. The molecule has 0 amide bonds. The largest absolute Gasteiger partial charge is 0.379 e. The monoisotopic (exact) mass is 310 g/mol. The van der Waals surface area contributed by atoms with E-state index >= 15 is 0 Å². The molecule has 0 fully saturated rings. The number of hydrogen-bond acceptors (Lipinski definition) is 4. The number of aryl methyl sites for hydroxylation is 2.